The standard InChI is InChI=1S/C42H65N9O5.CH3.Co/c1-20-33-24(12-15-29(44)53)39(6,7)27(49-33)17-26-23(11-14-28(43)52)40(8,18-31(46)55)36(48-26)21(2)34-25(13-16-30(45)54)41(9,19-32(47)56)42(10,51-34)37-22(3)38(4,5)35(20)50-37;;/h17,21-25,36-37H,11-16,18-19H2,1-10H3,(H11,43,44,45,46,47,48,49,50,52,53,54,55,56);1H3;/q;-1;+2/p-1/t21?,22?,23-,24-,25-,36?,37?,40?,41?,42?;;/m1../s1. The van der Waals surface area contributed by atoms with Gasteiger partial charge in [-0.25, -0.2) is 0 Å². The third-order valence-electron chi connectivity index (χ3n) is 15.0. The summed E-state index contributed by atoms with van der Waals surface area (Å²) in [6.07, 6.45) is 3.30. The molecule has 5 heterocycles. The molecule has 1 fully saturated rings. The summed E-state index contributed by atoms with van der Waals surface area (Å²) >= 11 is 0. The van der Waals surface area contributed by atoms with Crippen LogP contribution in [-0.4, -0.2) is 64.3 Å². The molecule has 0 aromatic heterocycles. The molecule has 5 amide bonds. The smallest absolute Gasteiger partial charge is 0.682 e. The van der Waals surface area contributed by atoms with Crippen molar-refractivity contribution in [2.75, 3.05) is 0 Å². The van der Waals surface area contributed by atoms with Crippen LogP contribution in [0.1, 0.15) is 121 Å². The third-order valence-corrected chi connectivity index (χ3v) is 15.0. The van der Waals surface area contributed by atoms with Gasteiger partial charge in [0.1, 0.15) is 0 Å². The van der Waals surface area contributed by atoms with Crippen molar-refractivity contribution in [3.8, 4) is 0 Å². The molecule has 10 N–H and O–H groups in total. The summed E-state index contributed by atoms with van der Waals surface area (Å²) in [4.78, 5) is 79.7. The van der Waals surface area contributed by atoms with Gasteiger partial charge in [-0.3, -0.25) is 38.9 Å². The summed E-state index contributed by atoms with van der Waals surface area (Å²) < 4.78 is 0. The van der Waals surface area contributed by atoms with E-state index in [4.69, 9.17) is 49.0 Å². The van der Waals surface area contributed by atoms with Crippen LogP contribution in [0.25, 0.3) is 5.32 Å². The molecule has 1 radical (unpaired) electrons. The van der Waals surface area contributed by atoms with Crippen LogP contribution in [-0.2, 0) is 40.8 Å². The summed E-state index contributed by atoms with van der Waals surface area (Å²) in [5.41, 5.74) is 30.3. The van der Waals surface area contributed by atoms with Gasteiger partial charge in [0.2, 0.25) is 29.5 Å². The molecule has 7 unspecified atom stereocenters. The third kappa shape index (κ3) is 7.93. The van der Waals surface area contributed by atoms with Crippen LogP contribution in [0.4, 0.5) is 0 Å². The quantitative estimate of drug-likeness (QED) is 0.166. The number of aliphatic imine (C=N–C) groups is 3. The molecule has 10 atom stereocenters. The molecular weight excluding hydrogens is 781 g/mol. The minimum Gasteiger partial charge on any atom is -0.682 e. The second-order valence-corrected chi connectivity index (χ2v) is 19.2. The van der Waals surface area contributed by atoms with E-state index in [-0.39, 0.29) is 68.1 Å². The Bertz CT molecular complexity index is 1880. The molecule has 5 aliphatic heterocycles. The van der Waals surface area contributed by atoms with Gasteiger partial charge in [-0.05, 0) is 56.1 Å². The number of hydrogen-bond acceptors (Lipinski definition) is 8. The van der Waals surface area contributed by atoms with Crippen molar-refractivity contribution in [1.82, 2.24) is 0 Å². The molecule has 14 nitrogen and oxygen atoms in total. The maximum atomic E-state index is 13.2. The predicted molar refractivity (Wildman–Crippen MR) is 224 cm³/mol. The van der Waals surface area contributed by atoms with Gasteiger partial charge in [0.25, 0.3) is 0 Å². The zero-order valence-electron chi connectivity index (χ0n) is 36.3. The Kier molecular flexibility index (Phi) is 13.9. The van der Waals surface area contributed by atoms with Gasteiger partial charge in [0, 0.05) is 94.9 Å². The van der Waals surface area contributed by atoms with E-state index in [0.29, 0.717) is 25.0 Å². The van der Waals surface area contributed by atoms with Crippen LogP contribution in [0, 0.1) is 58.7 Å². The van der Waals surface area contributed by atoms with Crippen LogP contribution < -0.4 is 28.7 Å². The van der Waals surface area contributed by atoms with E-state index in [9.17, 15) is 24.0 Å². The van der Waals surface area contributed by atoms with Gasteiger partial charge >= 0.3 is 16.8 Å². The summed E-state index contributed by atoms with van der Waals surface area (Å²) in [6, 6.07) is -0.988. The average molecular weight is 849 g/mol. The molecule has 0 aliphatic carbocycles. The van der Waals surface area contributed by atoms with Crippen molar-refractivity contribution in [3.63, 3.8) is 0 Å². The normalized spacial score (nSPS) is 37.6. The van der Waals surface area contributed by atoms with E-state index >= 15 is 0 Å². The SMILES string of the molecule is C/C1=C2/[N-]C(C(C)C2(C)C)C2(C)N=C(C(C)C3N=C(/C=C4N=C1[C@@H](CCC(N)=O)C\4(C)C)[C@@H](CCC(N)=O)C3(C)CC(N)=O)[C@@H](CCC(N)=O)C2(C)CC(N)=O.[CH3-].[Co+2]. The fourth-order valence-corrected chi connectivity index (χ4v) is 11.4. The number of carbonyl (C=O) groups excluding carboxylic acids is 5. The van der Waals surface area contributed by atoms with Crippen molar-refractivity contribution < 1.29 is 40.8 Å². The Hall–Kier alpha value is -3.85. The monoisotopic (exact) mass is 848 g/mol. The van der Waals surface area contributed by atoms with Crippen molar-refractivity contribution in [3.05, 3.63) is 35.8 Å². The largest absolute Gasteiger partial charge is 2.00 e. The maximum absolute atomic E-state index is 13.2. The molecule has 323 valence electrons. The Morgan fingerprint density at radius 1 is 0.724 bits per heavy atom. The molecule has 15 heteroatoms. The minimum absolute atomic E-state index is 0. The van der Waals surface area contributed by atoms with E-state index < -0.39 is 86.6 Å². The number of carbonyl (C=O) groups is 5. The number of nitrogens with zero attached hydrogens (tertiary/aromatic N) is 4. The first-order valence-corrected chi connectivity index (χ1v) is 20.1. The Morgan fingerprint density at radius 3 is 1.72 bits per heavy atom. The maximum Gasteiger partial charge on any atom is 2.00 e. The fraction of sp³-hybridized carbons (Fsp3) is 0.698. The first-order chi connectivity index (χ1) is 25.7. The minimum atomic E-state index is -0.991. The second kappa shape index (κ2) is 16.7. The van der Waals surface area contributed by atoms with Crippen LogP contribution in [0.15, 0.2) is 38.0 Å². The van der Waals surface area contributed by atoms with E-state index in [2.05, 4.69) is 41.5 Å². The van der Waals surface area contributed by atoms with Gasteiger partial charge < -0.3 is 41.4 Å². The van der Waals surface area contributed by atoms with Gasteiger partial charge in [-0.1, -0.05) is 61.4 Å². The van der Waals surface area contributed by atoms with Crippen LogP contribution >= 0.6 is 0 Å². The summed E-state index contributed by atoms with van der Waals surface area (Å²) in [7, 11) is 0. The molecule has 5 rings (SSSR count). The number of rotatable bonds is 13. The van der Waals surface area contributed by atoms with E-state index in [1.807, 2.05) is 33.8 Å². The first-order valence-electron chi connectivity index (χ1n) is 20.1. The summed E-state index contributed by atoms with van der Waals surface area (Å²) in [5.74, 6) is -3.92. The number of fused-ring (bicyclic) bond motifs is 6. The molecule has 58 heavy (non-hydrogen) atoms. The number of primary amides is 5. The number of hydrogen-bond donors (Lipinski definition) is 5. The van der Waals surface area contributed by atoms with Crippen molar-refractivity contribution in [2.24, 2.45) is 94.9 Å². The summed E-state index contributed by atoms with van der Waals surface area (Å²) in [6.45, 7) is 20.9. The molecule has 0 saturated carbocycles. The van der Waals surface area contributed by atoms with Crippen LogP contribution in [0.5, 0.6) is 0 Å². The average Bonchev–Trinajstić information content (AvgIpc) is 3.64. The molecule has 0 aromatic rings. The second-order valence-electron chi connectivity index (χ2n) is 19.2. The van der Waals surface area contributed by atoms with Crippen molar-refractivity contribution >= 4 is 46.7 Å². The zero-order valence-corrected chi connectivity index (χ0v) is 37.4. The van der Waals surface area contributed by atoms with Gasteiger partial charge in [-0.15, -0.1) is 0 Å². The summed E-state index contributed by atoms with van der Waals surface area (Å²) in [5, 5.41) is 5.59. The van der Waals surface area contributed by atoms with Crippen molar-refractivity contribution in [1.29, 1.82) is 0 Å². The molecule has 8 bridgehead atoms. The van der Waals surface area contributed by atoms with E-state index in [1.165, 1.54) is 0 Å². The van der Waals surface area contributed by atoms with Gasteiger partial charge in [0.15, 0.2) is 0 Å². The van der Waals surface area contributed by atoms with Crippen molar-refractivity contribution in [2.45, 2.75) is 138 Å². The van der Waals surface area contributed by atoms with Crippen LogP contribution in [0.3, 0.4) is 0 Å². The predicted octanol–water partition coefficient (Wildman–Crippen LogP) is 4.59. The van der Waals surface area contributed by atoms with E-state index in [1.54, 1.807) is 0 Å². The first kappa shape index (κ1) is 48.5. The molecule has 0 aromatic carbocycles. The Labute approximate surface area is 355 Å². The Balaban J connectivity index is 0.00000450. The zero-order chi connectivity index (χ0) is 42.1. The number of nitrogens with two attached hydrogens (primary N) is 5. The fourth-order valence-electron chi connectivity index (χ4n) is 11.4. The molecular formula is C43H67CoN9O5. The molecule has 1 saturated heterocycles. The molecule has 5 aliphatic rings. The van der Waals surface area contributed by atoms with Crippen LogP contribution in [0.2, 0.25) is 0 Å². The topological polar surface area (TPSA) is 267 Å². The van der Waals surface area contributed by atoms with Gasteiger partial charge in [0.05, 0.1) is 11.6 Å². The Morgan fingerprint density at radius 2 is 1.22 bits per heavy atom. The number of amides is 5. The molecule has 0 spiro atoms. The van der Waals surface area contributed by atoms with E-state index in [0.717, 1.165) is 28.4 Å². The number of allylic oxidation sites excluding steroid dienone is 4. The van der Waals surface area contributed by atoms with Gasteiger partial charge in [-0.2, -0.15) is 5.70 Å².